The Balaban J connectivity index is 2.15. The van der Waals surface area contributed by atoms with Gasteiger partial charge in [0.05, 0.1) is 17.5 Å². The first-order valence-electron chi connectivity index (χ1n) is 6.09. The van der Waals surface area contributed by atoms with Crippen LogP contribution in [0.1, 0.15) is 18.9 Å². The summed E-state index contributed by atoms with van der Waals surface area (Å²) >= 11 is 0. The molecule has 0 aromatic heterocycles. The number of methoxy groups -OCH3 is 1. The number of ether oxygens (including phenoxy) is 1. The van der Waals surface area contributed by atoms with Crippen LogP contribution in [0.25, 0.3) is 0 Å². The Kier molecular flexibility index (Phi) is 3.72. The monoisotopic (exact) mass is 249 g/mol. The molecule has 1 aliphatic rings. The molecule has 1 atom stereocenters. The number of fused-ring (bicyclic) bond motifs is 1. The third kappa shape index (κ3) is 2.73. The van der Waals surface area contributed by atoms with Crippen molar-refractivity contribution in [3.8, 4) is 0 Å². The molecule has 0 spiro atoms. The zero-order valence-corrected chi connectivity index (χ0v) is 10.7. The van der Waals surface area contributed by atoms with Gasteiger partial charge in [-0.3, -0.25) is 4.79 Å². The van der Waals surface area contributed by atoms with Crippen LogP contribution in [-0.2, 0) is 16.0 Å². The molecule has 1 heterocycles. The number of hydrogen-bond donors (Lipinski definition) is 3. The third-order valence-corrected chi connectivity index (χ3v) is 3.15. The van der Waals surface area contributed by atoms with Crippen molar-refractivity contribution in [1.29, 1.82) is 0 Å². The Morgan fingerprint density at radius 3 is 3.00 bits per heavy atom. The minimum Gasteiger partial charge on any atom is -0.397 e. The van der Waals surface area contributed by atoms with Gasteiger partial charge in [-0.15, -0.1) is 0 Å². The van der Waals surface area contributed by atoms with Crippen LogP contribution in [0.5, 0.6) is 0 Å². The topological polar surface area (TPSA) is 76.4 Å². The Morgan fingerprint density at radius 2 is 2.28 bits per heavy atom. The number of rotatable bonds is 4. The molecule has 0 bridgehead atoms. The number of carbonyl (C=O) groups excluding carboxylic acids is 1. The van der Waals surface area contributed by atoms with Crippen molar-refractivity contribution in [2.45, 2.75) is 25.9 Å². The standard InChI is InChI=1S/C13H19N3O2/c1-8(18-2)7-15-12-5-9-3-4-13(17)16-11(9)6-10(12)14/h5-6,8,15H,3-4,7,14H2,1-2H3,(H,16,17). The van der Waals surface area contributed by atoms with Crippen LogP contribution >= 0.6 is 0 Å². The highest BCUT2D eigenvalue weighted by Gasteiger charge is 2.16. The fourth-order valence-corrected chi connectivity index (χ4v) is 1.94. The lowest BCUT2D eigenvalue weighted by Crippen LogP contribution is -2.21. The highest BCUT2D eigenvalue weighted by Crippen LogP contribution is 2.30. The molecular formula is C13H19N3O2. The van der Waals surface area contributed by atoms with Crippen LogP contribution in [0.2, 0.25) is 0 Å². The van der Waals surface area contributed by atoms with Gasteiger partial charge in [-0.05, 0) is 31.0 Å². The zero-order valence-electron chi connectivity index (χ0n) is 10.7. The van der Waals surface area contributed by atoms with Crippen LogP contribution in [0.15, 0.2) is 12.1 Å². The lowest BCUT2D eigenvalue weighted by atomic mass is 10.0. The van der Waals surface area contributed by atoms with E-state index in [4.69, 9.17) is 10.5 Å². The van der Waals surface area contributed by atoms with Crippen LogP contribution in [0.4, 0.5) is 17.1 Å². The van der Waals surface area contributed by atoms with Gasteiger partial charge in [-0.25, -0.2) is 0 Å². The van der Waals surface area contributed by atoms with Gasteiger partial charge < -0.3 is 21.1 Å². The Hall–Kier alpha value is -1.75. The molecule has 0 radical (unpaired) electrons. The molecule has 5 nitrogen and oxygen atoms in total. The summed E-state index contributed by atoms with van der Waals surface area (Å²) in [6.07, 6.45) is 1.42. The van der Waals surface area contributed by atoms with E-state index in [0.29, 0.717) is 18.7 Å². The van der Waals surface area contributed by atoms with E-state index in [0.717, 1.165) is 23.4 Å². The predicted octanol–water partition coefficient (Wildman–Crippen LogP) is 1.60. The molecule has 0 fully saturated rings. The summed E-state index contributed by atoms with van der Waals surface area (Å²) in [6, 6.07) is 3.82. The van der Waals surface area contributed by atoms with E-state index in [9.17, 15) is 4.79 Å². The van der Waals surface area contributed by atoms with Crippen LogP contribution in [0, 0.1) is 0 Å². The molecule has 4 N–H and O–H groups in total. The SMILES string of the molecule is COC(C)CNc1cc2c(cc1N)NC(=O)CC2. The molecule has 2 rings (SSSR count). The number of nitrogens with two attached hydrogens (primary N) is 1. The quantitative estimate of drug-likeness (QED) is 0.708. The fraction of sp³-hybridized carbons (Fsp3) is 0.462. The van der Waals surface area contributed by atoms with Gasteiger partial charge in [0, 0.05) is 25.8 Å². The molecule has 0 aliphatic carbocycles. The van der Waals surface area contributed by atoms with Gasteiger partial charge in [-0.1, -0.05) is 0 Å². The van der Waals surface area contributed by atoms with E-state index in [2.05, 4.69) is 10.6 Å². The van der Waals surface area contributed by atoms with E-state index in [1.807, 2.05) is 19.1 Å². The molecule has 1 aliphatic heterocycles. The van der Waals surface area contributed by atoms with Crippen molar-refractivity contribution in [2.75, 3.05) is 30.0 Å². The lowest BCUT2D eigenvalue weighted by molar-refractivity contribution is -0.116. The molecule has 1 aromatic rings. The molecule has 1 unspecified atom stereocenters. The van der Waals surface area contributed by atoms with Gasteiger partial charge in [0.15, 0.2) is 0 Å². The van der Waals surface area contributed by atoms with Gasteiger partial charge >= 0.3 is 0 Å². The second-order valence-corrected chi connectivity index (χ2v) is 4.57. The number of amides is 1. The number of nitrogen functional groups attached to an aromatic ring is 1. The van der Waals surface area contributed by atoms with Gasteiger partial charge in [0.25, 0.3) is 0 Å². The predicted molar refractivity (Wildman–Crippen MR) is 72.8 cm³/mol. The normalized spacial score (nSPS) is 15.8. The first-order valence-corrected chi connectivity index (χ1v) is 6.09. The maximum absolute atomic E-state index is 11.3. The maximum atomic E-state index is 11.3. The number of aryl methyl sites for hydroxylation is 1. The van der Waals surface area contributed by atoms with Gasteiger partial charge in [-0.2, -0.15) is 0 Å². The second-order valence-electron chi connectivity index (χ2n) is 4.57. The van der Waals surface area contributed by atoms with Crippen molar-refractivity contribution in [3.63, 3.8) is 0 Å². The number of carbonyl (C=O) groups is 1. The first-order chi connectivity index (χ1) is 8.60. The van der Waals surface area contributed by atoms with Crippen molar-refractivity contribution in [2.24, 2.45) is 0 Å². The molecule has 98 valence electrons. The Labute approximate surface area is 107 Å². The largest absolute Gasteiger partial charge is 0.397 e. The van der Waals surface area contributed by atoms with Crippen LogP contribution in [0.3, 0.4) is 0 Å². The number of anilines is 3. The fourth-order valence-electron chi connectivity index (χ4n) is 1.94. The number of hydrogen-bond acceptors (Lipinski definition) is 4. The van der Waals surface area contributed by atoms with Gasteiger partial charge in [0.2, 0.25) is 5.91 Å². The first kappa shape index (κ1) is 12.7. The molecule has 5 heteroatoms. The summed E-state index contributed by atoms with van der Waals surface area (Å²) in [5.74, 6) is 0.0515. The molecular weight excluding hydrogens is 230 g/mol. The van der Waals surface area contributed by atoms with Crippen molar-refractivity contribution >= 4 is 23.0 Å². The third-order valence-electron chi connectivity index (χ3n) is 3.15. The average Bonchev–Trinajstić information content (AvgIpc) is 2.35. The second kappa shape index (κ2) is 5.27. The Morgan fingerprint density at radius 1 is 1.50 bits per heavy atom. The van der Waals surface area contributed by atoms with E-state index < -0.39 is 0 Å². The average molecular weight is 249 g/mol. The minimum absolute atomic E-state index is 0.0515. The highest BCUT2D eigenvalue weighted by molar-refractivity contribution is 5.95. The van der Waals surface area contributed by atoms with Gasteiger partial charge in [0.1, 0.15) is 0 Å². The molecule has 1 aromatic carbocycles. The highest BCUT2D eigenvalue weighted by atomic mass is 16.5. The van der Waals surface area contributed by atoms with Crippen LogP contribution < -0.4 is 16.4 Å². The minimum atomic E-state index is 0.0515. The Bertz CT molecular complexity index is 460. The molecule has 0 saturated heterocycles. The van der Waals surface area contributed by atoms with Crippen molar-refractivity contribution in [3.05, 3.63) is 17.7 Å². The summed E-state index contributed by atoms with van der Waals surface area (Å²) in [4.78, 5) is 11.3. The zero-order chi connectivity index (χ0) is 13.1. The van der Waals surface area contributed by atoms with E-state index in [-0.39, 0.29) is 12.0 Å². The summed E-state index contributed by atoms with van der Waals surface area (Å²) in [5, 5.41) is 6.09. The summed E-state index contributed by atoms with van der Waals surface area (Å²) in [6.45, 7) is 2.69. The molecule has 18 heavy (non-hydrogen) atoms. The summed E-state index contributed by atoms with van der Waals surface area (Å²) < 4.78 is 5.18. The van der Waals surface area contributed by atoms with E-state index in [1.54, 1.807) is 7.11 Å². The van der Waals surface area contributed by atoms with E-state index >= 15 is 0 Å². The number of benzene rings is 1. The number of nitrogens with one attached hydrogen (secondary N) is 2. The summed E-state index contributed by atoms with van der Waals surface area (Å²) in [5.41, 5.74) is 9.45. The van der Waals surface area contributed by atoms with Crippen molar-refractivity contribution in [1.82, 2.24) is 0 Å². The lowest BCUT2D eigenvalue weighted by Gasteiger charge is -2.20. The van der Waals surface area contributed by atoms with Crippen molar-refractivity contribution < 1.29 is 9.53 Å². The maximum Gasteiger partial charge on any atom is 0.224 e. The van der Waals surface area contributed by atoms with Crippen LogP contribution in [-0.4, -0.2) is 25.7 Å². The molecule has 0 saturated carbocycles. The molecule has 1 amide bonds. The summed E-state index contributed by atoms with van der Waals surface area (Å²) in [7, 11) is 1.68. The smallest absolute Gasteiger partial charge is 0.224 e. The van der Waals surface area contributed by atoms with E-state index in [1.165, 1.54) is 0 Å².